The summed E-state index contributed by atoms with van der Waals surface area (Å²) in [6.07, 6.45) is 1.66. The van der Waals surface area contributed by atoms with Crippen molar-refractivity contribution in [1.29, 1.82) is 0 Å². The molecule has 2 aliphatic rings. The lowest BCUT2D eigenvalue weighted by Crippen LogP contribution is -2.64. The molecule has 2 aliphatic heterocycles. The lowest BCUT2D eigenvalue weighted by molar-refractivity contribution is -0.176. The van der Waals surface area contributed by atoms with Crippen LogP contribution in [0.15, 0.2) is 60.0 Å². The molecule has 0 spiro atoms. The Bertz CT molecular complexity index is 1640. The molecule has 2 aromatic carbocycles. The van der Waals surface area contributed by atoms with E-state index in [0.717, 1.165) is 15.4 Å². The van der Waals surface area contributed by atoms with Crippen molar-refractivity contribution in [3.8, 4) is 0 Å². The van der Waals surface area contributed by atoms with Crippen molar-refractivity contribution >= 4 is 56.5 Å². The summed E-state index contributed by atoms with van der Waals surface area (Å²) in [6.45, 7) is 3.53. The number of nitrogens with one attached hydrogen (secondary N) is 2. The smallest absolute Gasteiger partial charge is 0.325 e. The first-order valence-electron chi connectivity index (χ1n) is 14.0. The van der Waals surface area contributed by atoms with E-state index in [2.05, 4.69) is 21.4 Å². The van der Waals surface area contributed by atoms with Crippen LogP contribution in [0.1, 0.15) is 38.5 Å². The second-order valence-corrected chi connectivity index (χ2v) is 12.0. The van der Waals surface area contributed by atoms with E-state index in [1.54, 1.807) is 18.2 Å². The van der Waals surface area contributed by atoms with E-state index in [4.69, 9.17) is 10.3 Å². The minimum Gasteiger partial charge on any atom is -0.461 e. The number of amides is 3. The average molecular weight is 625 g/mol. The zero-order valence-electron chi connectivity index (χ0n) is 23.8. The number of esters is 1. The first-order chi connectivity index (χ1) is 21.1. The summed E-state index contributed by atoms with van der Waals surface area (Å²) in [7, 11) is -4.21. The lowest BCUT2D eigenvalue weighted by Gasteiger charge is -2.43. The molecule has 3 atom stereocenters. The monoisotopic (exact) mass is 624 g/mol. The molecular weight excluding hydrogens is 592 g/mol. The molecule has 0 bridgehead atoms. The molecule has 2 heterocycles. The molecule has 44 heavy (non-hydrogen) atoms. The third kappa shape index (κ3) is 7.43. The fraction of sp³-hybridized carbons (Fsp3) is 0.379. The number of ether oxygens (including phenoxy) is 1. The number of rotatable bonds is 12. The van der Waals surface area contributed by atoms with Crippen LogP contribution >= 0.6 is 0 Å². The van der Waals surface area contributed by atoms with Gasteiger partial charge in [0.1, 0.15) is 18.7 Å². The molecule has 2 aromatic rings. The topological polar surface area (TPSA) is 196 Å². The fourth-order valence-corrected chi connectivity index (χ4v) is 6.42. The van der Waals surface area contributed by atoms with Crippen LogP contribution in [0.3, 0.4) is 0 Å². The zero-order valence-corrected chi connectivity index (χ0v) is 24.6. The third-order valence-corrected chi connectivity index (χ3v) is 8.81. The summed E-state index contributed by atoms with van der Waals surface area (Å²) in [5, 5.41) is 6.10. The number of hydrogen-bond acceptors (Lipinski definition) is 8. The Hall–Kier alpha value is -4.72. The number of fused-ring (bicyclic) bond motifs is 2. The van der Waals surface area contributed by atoms with Crippen LogP contribution in [-0.2, 0) is 38.7 Å². The Labute approximate surface area is 253 Å². The highest BCUT2D eigenvalue weighted by Crippen LogP contribution is 2.26. The number of carbonyl (C=O) groups is 5. The Morgan fingerprint density at radius 2 is 1.89 bits per heavy atom. The van der Waals surface area contributed by atoms with Crippen molar-refractivity contribution in [2.45, 2.75) is 61.5 Å². The molecule has 15 heteroatoms. The molecule has 0 saturated carbocycles. The highest BCUT2D eigenvalue weighted by Gasteiger charge is 2.45. The SMILES string of the molecule is C=CCOC(=O)CC[C@H](NC(=O)[C@@H]1CCCN2C(=O)CC[C@H](NS(=O)(=O)c3ccc4ccccc4c3)C(=O)N12)C(=O)C=[N+]=[N-]. The minimum absolute atomic E-state index is 0.0449. The van der Waals surface area contributed by atoms with Gasteiger partial charge in [-0.25, -0.2) is 13.4 Å². The molecule has 2 N–H and O–H groups in total. The van der Waals surface area contributed by atoms with Crippen molar-refractivity contribution in [1.82, 2.24) is 20.1 Å². The Kier molecular flexibility index (Phi) is 10.4. The molecule has 232 valence electrons. The predicted molar refractivity (Wildman–Crippen MR) is 156 cm³/mol. The summed E-state index contributed by atoms with van der Waals surface area (Å²) in [5.74, 6) is -3.54. The highest BCUT2D eigenvalue weighted by atomic mass is 32.2. The standard InChI is InChI=1S/C29H32N6O8S/c1-2-16-43-27(38)14-12-22(25(36)18-31-30)32-28(39)24-8-5-15-34-26(37)13-11-23(29(40)35(24)34)33-44(41,42)21-10-9-19-6-3-4-7-20(19)17-21/h2-4,6-7,9-10,17-18,22-24,33H,1,5,8,11-16H2,(H,32,39)/t22-,23-,24-/m0/s1. The van der Waals surface area contributed by atoms with E-state index in [1.165, 1.54) is 18.2 Å². The van der Waals surface area contributed by atoms with E-state index < -0.39 is 57.6 Å². The predicted octanol–water partition coefficient (Wildman–Crippen LogP) is 0.879. The van der Waals surface area contributed by atoms with Gasteiger partial charge in [0.25, 0.3) is 11.7 Å². The van der Waals surface area contributed by atoms with E-state index in [9.17, 15) is 32.4 Å². The van der Waals surface area contributed by atoms with Gasteiger partial charge in [-0.1, -0.05) is 43.0 Å². The number of benzene rings is 2. The van der Waals surface area contributed by atoms with Gasteiger partial charge >= 0.3 is 12.2 Å². The minimum atomic E-state index is -4.21. The second kappa shape index (κ2) is 14.2. The summed E-state index contributed by atoms with van der Waals surface area (Å²) < 4.78 is 34.0. The lowest BCUT2D eigenvalue weighted by atomic mass is 10.0. The fourth-order valence-electron chi connectivity index (χ4n) is 5.16. The number of sulfonamides is 1. The number of Topliss-reactive ketones (excluding diaryl/α,β-unsaturated/α-hetero) is 1. The van der Waals surface area contributed by atoms with Crippen LogP contribution < -0.4 is 10.0 Å². The van der Waals surface area contributed by atoms with E-state index >= 15 is 0 Å². The maximum Gasteiger partial charge on any atom is 0.325 e. The molecule has 0 aromatic heterocycles. The molecular formula is C29H32N6O8S. The van der Waals surface area contributed by atoms with Crippen LogP contribution in [0.4, 0.5) is 0 Å². The van der Waals surface area contributed by atoms with E-state index in [-0.39, 0.29) is 50.2 Å². The molecule has 0 unspecified atom stereocenters. The van der Waals surface area contributed by atoms with Crippen LogP contribution in [0.5, 0.6) is 0 Å². The molecule has 14 nitrogen and oxygen atoms in total. The maximum atomic E-state index is 13.8. The van der Waals surface area contributed by atoms with Gasteiger partial charge in [-0.05, 0) is 48.6 Å². The summed E-state index contributed by atoms with van der Waals surface area (Å²) in [4.78, 5) is 67.5. The van der Waals surface area contributed by atoms with Crippen molar-refractivity contribution in [3.05, 3.63) is 60.7 Å². The van der Waals surface area contributed by atoms with Gasteiger partial charge in [-0.2, -0.15) is 9.51 Å². The first-order valence-corrected chi connectivity index (χ1v) is 15.5. The van der Waals surface area contributed by atoms with Crippen LogP contribution in [0.2, 0.25) is 0 Å². The number of hydrazine groups is 1. The average Bonchev–Trinajstić information content (AvgIpc) is 3.13. The van der Waals surface area contributed by atoms with Gasteiger partial charge in [0.15, 0.2) is 0 Å². The van der Waals surface area contributed by atoms with E-state index in [1.807, 2.05) is 12.1 Å². The van der Waals surface area contributed by atoms with Gasteiger partial charge in [0.05, 0.1) is 10.9 Å². The molecule has 0 aliphatic carbocycles. The molecule has 2 saturated heterocycles. The Morgan fingerprint density at radius 1 is 1.14 bits per heavy atom. The van der Waals surface area contributed by atoms with Crippen molar-refractivity contribution < 1.29 is 41.9 Å². The van der Waals surface area contributed by atoms with Crippen molar-refractivity contribution in [3.63, 3.8) is 0 Å². The number of hydrogen-bond donors (Lipinski definition) is 2. The summed E-state index contributed by atoms with van der Waals surface area (Å²) >= 11 is 0. The van der Waals surface area contributed by atoms with Crippen molar-refractivity contribution in [2.24, 2.45) is 0 Å². The van der Waals surface area contributed by atoms with Crippen molar-refractivity contribution in [2.75, 3.05) is 13.2 Å². The molecule has 4 rings (SSSR count). The normalized spacial score (nSPS) is 19.3. The van der Waals surface area contributed by atoms with E-state index in [0.29, 0.717) is 18.0 Å². The maximum absolute atomic E-state index is 13.8. The Balaban J connectivity index is 1.55. The molecule has 0 radical (unpaired) electrons. The third-order valence-electron chi connectivity index (χ3n) is 7.34. The van der Waals surface area contributed by atoms with Gasteiger partial charge in [0.2, 0.25) is 21.8 Å². The molecule has 3 amide bonds. The van der Waals surface area contributed by atoms with Gasteiger partial charge in [-0.15, -0.1) is 0 Å². The highest BCUT2D eigenvalue weighted by molar-refractivity contribution is 7.89. The van der Waals surface area contributed by atoms with Crippen LogP contribution in [0.25, 0.3) is 16.3 Å². The quantitative estimate of drug-likeness (QED) is 0.114. The summed E-state index contributed by atoms with van der Waals surface area (Å²) in [6, 6.07) is 7.79. The van der Waals surface area contributed by atoms with Gasteiger partial charge < -0.3 is 15.6 Å². The molecule has 2 fully saturated rings. The number of nitrogens with zero attached hydrogens (tertiary/aromatic N) is 4. The number of carbonyl (C=O) groups excluding carboxylic acids is 5. The van der Waals surface area contributed by atoms with Gasteiger partial charge in [-0.3, -0.25) is 29.0 Å². The first kappa shape index (κ1) is 32.2. The Morgan fingerprint density at radius 3 is 2.61 bits per heavy atom. The largest absolute Gasteiger partial charge is 0.461 e. The van der Waals surface area contributed by atoms with Crippen LogP contribution in [-0.4, -0.2) is 90.2 Å². The number of ketones is 1. The van der Waals surface area contributed by atoms with Gasteiger partial charge in [0, 0.05) is 19.4 Å². The summed E-state index contributed by atoms with van der Waals surface area (Å²) in [5.41, 5.74) is 8.85. The second-order valence-electron chi connectivity index (χ2n) is 10.3. The zero-order chi connectivity index (χ0) is 31.9. The van der Waals surface area contributed by atoms with Crippen LogP contribution in [0, 0.1) is 0 Å².